The first-order valence-electron chi connectivity index (χ1n) is 6.23. The first-order chi connectivity index (χ1) is 9.81. The van der Waals surface area contributed by atoms with Gasteiger partial charge in [0.15, 0.2) is 11.6 Å². The van der Waals surface area contributed by atoms with E-state index in [-0.39, 0.29) is 15.9 Å². The summed E-state index contributed by atoms with van der Waals surface area (Å²) in [5.74, 6) is -1.41. The Hall–Kier alpha value is -0.830. The van der Waals surface area contributed by atoms with Crippen molar-refractivity contribution in [3.05, 3.63) is 47.9 Å². The molecule has 112 valence electrons. The lowest BCUT2D eigenvalue weighted by Crippen LogP contribution is -2.17. The number of nitrogens with zero attached hydrogens (tertiary/aromatic N) is 1. The van der Waals surface area contributed by atoms with Crippen molar-refractivity contribution in [2.45, 2.75) is 20.3 Å². The number of halogens is 4. The SMILES string of the molecule is CC(C)Cc1nc(-c2ccc(F)c(F)c2Br)[nH]c(=O)c1I. The molecule has 1 heterocycles. The number of aromatic amines is 1. The molecular weight excluding hydrogens is 457 g/mol. The lowest BCUT2D eigenvalue weighted by atomic mass is 10.1. The van der Waals surface area contributed by atoms with Gasteiger partial charge in [-0.2, -0.15) is 0 Å². The molecule has 0 saturated heterocycles. The summed E-state index contributed by atoms with van der Waals surface area (Å²) in [5, 5.41) is 0. The third-order valence-corrected chi connectivity index (χ3v) is 4.71. The average Bonchev–Trinajstić information content (AvgIpc) is 2.41. The Morgan fingerprint density at radius 1 is 1.38 bits per heavy atom. The van der Waals surface area contributed by atoms with Gasteiger partial charge < -0.3 is 4.98 Å². The van der Waals surface area contributed by atoms with Crippen LogP contribution in [0.4, 0.5) is 8.78 Å². The van der Waals surface area contributed by atoms with Crippen LogP contribution in [0.15, 0.2) is 21.4 Å². The maximum absolute atomic E-state index is 13.6. The van der Waals surface area contributed by atoms with E-state index in [0.717, 1.165) is 6.07 Å². The fourth-order valence-electron chi connectivity index (χ4n) is 1.86. The number of H-pyrrole nitrogens is 1. The molecule has 1 N–H and O–H groups in total. The predicted molar refractivity (Wildman–Crippen MR) is 89.2 cm³/mol. The zero-order valence-electron chi connectivity index (χ0n) is 11.3. The van der Waals surface area contributed by atoms with E-state index in [4.69, 9.17) is 0 Å². The number of benzene rings is 1. The van der Waals surface area contributed by atoms with Crippen LogP contribution < -0.4 is 5.56 Å². The number of rotatable bonds is 3. The zero-order valence-corrected chi connectivity index (χ0v) is 15.0. The molecule has 21 heavy (non-hydrogen) atoms. The maximum Gasteiger partial charge on any atom is 0.264 e. The molecule has 0 aliphatic rings. The van der Waals surface area contributed by atoms with Gasteiger partial charge in [0.2, 0.25) is 0 Å². The summed E-state index contributed by atoms with van der Waals surface area (Å²) in [6.45, 7) is 4.04. The van der Waals surface area contributed by atoms with E-state index in [1.165, 1.54) is 6.07 Å². The van der Waals surface area contributed by atoms with Crippen LogP contribution in [-0.4, -0.2) is 9.97 Å². The van der Waals surface area contributed by atoms with Gasteiger partial charge >= 0.3 is 0 Å². The predicted octanol–water partition coefficient (Wildman–Crippen LogP) is 4.28. The largest absolute Gasteiger partial charge is 0.306 e. The van der Waals surface area contributed by atoms with Crippen LogP contribution in [0, 0.1) is 21.1 Å². The van der Waals surface area contributed by atoms with Gasteiger partial charge in [-0.25, -0.2) is 13.8 Å². The van der Waals surface area contributed by atoms with E-state index < -0.39 is 11.6 Å². The standard InChI is InChI=1S/C14H12BrF2IN2O/c1-6(2)5-9-12(18)14(21)20-13(19-9)7-3-4-8(16)11(17)10(7)15/h3-4,6H,5H2,1-2H3,(H,19,20,21). The molecule has 2 aromatic rings. The van der Waals surface area contributed by atoms with Gasteiger partial charge in [0.25, 0.3) is 5.56 Å². The van der Waals surface area contributed by atoms with Crippen LogP contribution in [-0.2, 0) is 6.42 Å². The van der Waals surface area contributed by atoms with Crippen molar-refractivity contribution in [3.63, 3.8) is 0 Å². The van der Waals surface area contributed by atoms with Gasteiger partial charge in [-0.05, 0) is 63.0 Å². The Labute approximate surface area is 142 Å². The molecule has 0 saturated carbocycles. The molecule has 1 aromatic carbocycles. The fourth-order valence-corrected chi connectivity index (χ4v) is 2.85. The first kappa shape index (κ1) is 16.5. The molecule has 0 aliphatic heterocycles. The fraction of sp³-hybridized carbons (Fsp3) is 0.286. The summed E-state index contributed by atoms with van der Waals surface area (Å²) in [4.78, 5) is 19.0. The number of hydrogen-bond donors (Lipinski definition) is 1. The van der Waals surface area contributed by atoms with E-state index >= 15 is 0 Å². The van der Waals surface area contributed by atoms with E-state index in [1.54, 1.807) is 0 Å². The van der Waals surface area contributed by atoms with Gasteiger partial charge in [0, 0.05) is 5.56 Å². The molecule has 0 bridgehead atoms. The summed E-state index contributed by atoms with van der Waals surface area (Å²) < 4.78 is 27.3. The van der Waals surface area contributed by atoms with Gasteiger partial charge in [-0.3, -0.25) is 4.79 Å². The second kappa shape index (κ2) is 6.51. The molecule has 3 nitrogen and oxygen atoms in total. The quantitative estimate of drug-likeness (QED) is 0.539. The molecule has 0 fully saturated rings. The van der Waals surface area contributed by atoms with Crippen LogP contribution in [0.2, 0.25) is 0 Å². The van der Waals surface area contributed by atoms with Crippen molar-refractivity contribution >= 4 is 38.5 Å². The number of hydrogen-bond acceptors (Lipinski definition) is 2. The number of aromatic nitrogens is 2. The summed E-state index contributed by atoms with van der Waals surface area (Å²) in [6.07, 6.45) is 0.635. The highest BCUT2D eigenvalue weighted by atomic mass is 127. The van der Waals surface area contributed by atoms with Gasteiger partial charge in [-0.15, -0.1) is 0 Å². The van der Waals surface area contributed by atoms with Crippen molar-refractivity contribution < 1.29 is 8.78 Å². The van der Waals surface area contributed by atoms with Crippen LogP contribution in [0.25, 0.3) is 11.4 Å². The lowest BCUT2D eigenvalue weighted by molar-refractivity contribution is 0.504. The Morgan fingerprint density at radius 3 is 2.67 bits per heavy atom. The van der Waals surface area contributed by atoms with Gasteiger partial charge in [0.05, 0.1) is 13.7 Å². The second-order valence-electron chi connectivity index (χ2n) is 5.00. The Bertz CT molecular complexity index is 746. The molecule has 0 amide bonds. The Kier molecular flexibility index (Phi) is 5.13. The lowest BCUT2D eigenvalue weighted by Gasteiger charge is -2.10. The molecule has 0 atom stereocenters. The van der Waals surface area contributed by atoms with Crippen LogP contribution in [0.3, 0.4) is 0 Å². The van der Waals surface area contributed by atoms with Crippen LogP contribution in [0.1, 0.15) is 19.5 Å². The van der Waals surface area contributed by atoms with E-state index in [0.29, 0.717) is 27.2 Å². The van der Waals surface area contributed by atoms with E-state index in [2.05, 4.69) is 25.9 Å². The zero-order chi connectivity index (χ0) is 15.7. The monoisotopic (exact) mass is 468 g/mol. The third kappa shape index (κ3) is 3.50. The molecule has 0 unspecified atom stereocenters. The van der Waals surface area contributed by atoms with Gasteiger partial charge in [0.1, 0.15) is 5.82 Å². The molecule has 1 aromatic heterocycles. The van der Waals surface area contributed by atoms with Crippen molar-refractivity contribution in [1.82, 2.24) is 9.97 Å². The summed E-state index contributed by atoms with van der Waals surface area (Å²) in [7, 11) is 0. The summed E-state index contributed by atoms with van der Waals surface area (Å²) in [6, 6.07) is 2.39. The smallest absolute Gasteiger partial charge is 0.264 e. The normalized spacial score (nSPS) is 11.2. The minimum absolute atomic E-state index is 0.0534. The Balaban J connectivity index is 2.63. The molecule has 0 aliphatic carbocycles. The van der Waals surface area contributed by atoms with E-state index in [1.807, 2.05) is 36.4 Å². The van der Waals surface area contributed by atoms with E-state index in [9.17, 15) is 13.6 Å². The maximum atomic E-state index is 13.6. The molecular formula is C14H12BrF2IN2O. The topological polar surface area (TPSA) is 45.8 Å². The van der Waals surface area contributed by atoms with Crippen molar-refractivity contribution in [2.24, 2.45) is 5.92 Å². The molecule has 0 radical (unpaired) electrons. The third-order valence-electron chi connectivity index (χ3n) is 2.82. The van der Waals surface area contributed by atoms with Crippen molar-refractivity contribution in [2.75, 3.05) is 0 Å². The second-order valence-corrected chi connectivity index (χ2v) is 6.87. The van der Waals surface area contributed by atoms with Crippen LogP contribution >= 0.6 is 38.5 Å². The first-order valence-corrected chi connectivity index (χ1v) is 8.11. The summed E-state index contributed by atoms with van der Waals surface area (Å²) in [5.41, 5.74) is 0.682. The highest BCUT2D eigenvalue weighted by Crippen LogP contribution is 2.29. The van der Waals surface area contributed by atoms with Crippen LogP contribution in [0.5, 0.6) is 0 Å². The molecule has 7 heteroatoms. The summed E-state index contributed by atoms with van der Waals surface area (Å²) >= 11 is 4.95. The van der Waals surface area contributed by atoms with Crippen molar-refractivity contribution in [1.29, 1.82) is 0 Å². The minimum atomic E-state index is -1.00. The number of nitrogens with one attached hydrogen (secondary N) is 1. The average molecular weight is 469 g/mol. The molecule has 2 rings (SSSR count). The Morgan fingerprint density at radius 2 is 2.05 bits per heavy atom. The molecule has 0 spiro atoms. The van der Waals surface area contributed by atoms with Gasteiger partial charge in [-0.1, -0.05) is 13.8 Å². The highest BCUT2D eigenvalue weighted by Gasteiger charge is 2.17. The highest BCUT2D eigenvalue weighted by molar-refractivity contribution is 14.1. The van der Waals surface area contributed by atoms with Crippen molar-refractivity contribution in [3.8, 4) is 11.4 Å². The minimum Gasteiger partial charge on any atom is -0.306 e.